The van der Waals surface area contributed by atoms with Crippen LogP contribution in [0.2, 0.25) is 0 Å². The average molecular weight is 183 g/mol. The van der Waals surface area contributed by atoms with Crippen molar-refractivity contribution < 1.29 is 5.11 Å². The number of aromatic nitrogens is 1. The molecule has 1 aromatic heterocycles. The minimum atomic E-state index is -0.261. The first-order valence-corrected chi connectivity index (χ1v) is 5.30. The molecule has 0 saturated heterocycles. The summed E-state index contributed by atoms with van der Waals surface area (Å²) in [6.45, 7) is 0. The van der Waals surface area contributed by atoms with Gasteiger partial charge in [0.05, 0.1) is 16.5 Å². The lowest BCUT2D eigenvalue weighted by atomic mass is 9.81. The van der Waals surface area contributed by atoms with Crippen molar-refractivity contribution in [1.82, 2.24) is 4.98 Å². The molecule has 2 rings (SSSR count). The van der Waals surface area contributed by atoms with Crippen molar-refractivity contribution in [3.05, 3.63) is 16.6 Å². The standard InChI is InChI=1S/C9H13NOS/c11-8(4-7-2-1-3-7)9-5-10-6-12-9/h5-8,11H,1-4H2. The maximum absolute atomic E-state index is 9.72. The third-order valence-electron chi connectivity index (χ3n) is 2.56. The van der Waals surface area contributed by atoms with E-state index in [1.807, 2.05) is 0 Å². The van der Waals surface area contributed by atoms with Crippen LogP contribution in [0.1, 0.15) is 36.7 Å². The molecule has 0 spiro atoms. The molecule has 66 valence electrons. The number of thiazole rings is 1. The topological polar surface area (TPSA) is 33.1 Å². The summed E-state index contributed by atoms with van der Waals surface area (Å²) in [6.07, 6.45) is 6.39. The van der Waals surface area contributed by atoms with Crippen LogP contribution >= 0.6 is 11.3 Å². The summed E-state index contributed by atoms with van der Waals surface area (Å²) in [5.74, 6) is 0.766. The van der Waals surface area contributed by atoms with Gasteiger partial charge in [-0.3, -0.25) is 4.98 Å². The van der Waals surface area contributed by atoms with Gasteiger partial charge in [-0.25, -0.2) is 0 Å². The van der Waals surface area contributed by atoms with Crippen LogP contribution in [-0.4, -0.2) is 10.1 Å². The molecular weight excluding hydrogens is 170 g/mol. The van der Waals surface area contributed by atoms with E-state index in [-0.39, 0.29) is 6.10 Å². The minimum Gasteiger partial charge on any atom is -0.388 e. The molecule has 0 radical (unpaired) electrons. The van der Waals surface area contributed by atoms with Gasteiger partial charge in [0.2, 0.25) is 0 Å². The second-order valence-electron chi connectivity index (χ2n) is 3.45. The van der Waals surface area contributed by atoms with E-state index in [1.165, 1.54) is 19.3 Å². The van der Waals surface area contributed by atoms with E-state index in [2.05, 4.69) is 4.98 Å². The summed E-state index contributed by atoms with van der Waals surface area (Å²) < 4.78 is 0. The van der Waals surface area contributed by atoms with Gasteiger partial charge in [-0.15, -0.1) is 11.3 Å². The molecule has 0 aliphatic heterocycles. The third kappa shape index (κ3) is 1.67. The largest absolute Gasteiger partial charge is 0.388 e. The molecule has 1 unspecified atom stereocenters. The van der Waals surface area contributed by atoms with Gasteiger partial charge in [-0.2, -0.15) is 0 Å². The molecule has 12 heavy (non-hydrogen) atoms. The van der Waals surface area contributed by atoms with Crippen LogP contribution in [0.25, 0.3) is 0 Å². The van der Waals surface area contributed by atoms with Crippen molar-refractivity contribution in [3.63, 3.8) is 0 Å². The lowest BCUT2D eigenvalue weighted by molar-refractivity contribution is 0.121. The average Bonchev–Trinajstić information content (AvgIpc) is 2.47. The Morgan fingerprint density at radius 3 is 3.00 bits per heavy atom. The van der Waals surface area contributed by atoms with Crippen LogP contribution in [-0.2, 0) is 0 Å². The van der Waals surface area contributed by atoms with Crippen LogP contribution in [0, 0.1) is 5.92 Å². The molecule has 1 heterocycles. The van der Waals surface area contributed by atoms with Crippen LogP contribution in [0.15, 0.2) is 11.7 Å². The lowest BCUT2D eigenvalue weighted by Gasteiger charge is -2.26. The smallest absolute Gasteiger partial charge is 0.0900 e. The fourth-order valence-electron chi connectivity index (χ4n) is 1.55. The third-order valence-corrected chi connectivity index (χ3v) is 3.44. The second kappa shape index (κ2) is 3.54. The molecular formula is C9H13NOS. The summed E-state index contributed by atoms with van der Waals surface area (Å²) in [4.78, 5) is 4.97. The molecule has 1 aliphatic carbocycles. The second-order valence-corrected chi connectivity index (χ2v) is 4.37. The number of aliphatic hydroxyl groups is 1. The number of hydrogen-bond donors (Lipinski definition) is 1. The van der Waals surface area contributed by atoms with E-state index in [0.29, 0.717) is 0 Å². The Morgan fingerprint density at radius 1 is 1.67 bits per heavy atom. The Morgan fingerprint density at radius 2 is 2.50 bits per heavy atom. The van der Waals surface area contributed by atoms with Crippen LogP contribution in [0.5, 0.6) is 0 Å². The van der Waals surface area contributed by atoms with E-state index in [1.54, 1.807) is 23.0 Å². The summed E-state index contributed by atoms with van der Waals surface area (Å²) in [6, 6.07) is 0. The van der Waals surface area contributed by atoms with Crippen molar-refractivity contribution in [3.8, 4) is 0 Å². The Kier molecular flexibility index (Phi) is 2.42. The normalized spacial score (nSPS) is 20.4. The molecule has 1 atom stereocenters. The van der Waals surface area contributed by atoms with Crippen molar-refractivity contribution in [1.29, 1.82) is 0 Å². The highest BCUT2D eigenvalue weighted by molar-refractivity contribution is 7.09. The Bertz CT molecular complexity index is 231. The van der Waals surface area contributed by atoms with Crippen molar-refractivity contribution in [2.45, 2.75) is 31.8 Å². The van der Waals surface area contributed by atoms with Crippen molar-refractivity contribution in [2.75, 3.05) is 0 Å². The highest BCUT2D eigenvalue weighted by Gasteiger charge is 2.22. The Hall–Kier alpha value is -0.410. The van der Waals surface area contributed by atoms with Gasteiger partial charge in [0.25, 0.3) is 0 Å². The van der Waals surface area contributed by atoms with E-state index in [4.69, 9.17) is 0 Å². The zero-order chi connectivity index (χ0) is 8.39. The van der Waals surface area contributed by atoms with E-state index in [9.17, 15) is 5.11 Å². The number of aliphatic hydroxyl groups excluding tert-OH is 1. The summed E-state index contributed by atoms with van der Waals surface area (Å²) in [5, 5.41) is 9.72. The molecule has 1 fully saturated rings. The number of rotatable bonds is 3. The SMILES string of the molecule is OC(CC1CCC1)c1cncs1. The minimum absolute atomic E-state index is 0.261. The Labute approximate surface area is 76.3 Å². The van der Waals surface area contributed by atoms with Gasteiger partial charge in [0, 0.05) is 6.20 Å². The van der Waals surface area contributed by atoms with Gasteiger partial charge < -0.3 is 5.11 Å². The van der Waals surface area contributed by atoms with E-state index < -0.39 is 0 Å². The van der Waals surface area contributed by atoms with Crippen LogP contribution < -0.4 is 0 Å². The fraction of sp³-hybridized carbons (Fsp3) is 0.667. The van der Waals surface area contributed by atoms with Gasteiger partial charge in [0.1, 0.15) is 0 Å². The summed E-state index contributed by atoms with van der Waals surface area (Å²) in [7, 11) is 0. The van der Waals surface area contributed by atoms with Crippen molar-refractivity contribution >= 4 is 11.3 Å². The molecule has 0 amide bonds. The molecule has 1 aromatic rings. The maximum Gasteiger partial charge on any atom is 0.0900 e. The molecule has 0 aromatic carbocycles. The number of nitrogens with zero attached hydrogens (tertiary/aromatic N) is 1. The zero-order valence-electron chi connectivity index (χ0n) is 6.94. The first kappa shape index (κ1) is 8.20. The Balaban J connectivity index is 1.87. The van der Waals surface area contributed by atoms with Crippen LogP contribution in [0.3, 0.4) is 0 Å². The first-order valence-electron chi connectivity index (χ1n) is 4.42. The highest BCUT2D eigenvalue weighted by Crippen LogP contribution is 2.35. The molecule has 3 heteroatoms. The maximum atomic E-state index is 9.72. The predicted molar refractivity (Wildman–Crippen MR) is 49.0 cm³/mol. The predicted octanol–water partition coefficient (Wildman–Crippen LogP) is 2.37. The summed E-state index contributed by atoms with van der Waals surface area (Å²) >= 11 is 1.55. The molecule has 1 aliphatic rings. The monoisotopic (exact) mass is 183 g/mol. The van der Waals surface area contributed by atoms with Gasteiger partial charge >= 0.3 is 0 Å². The van der Waals surface area contributed by atoms with Crippen molar-refractivity contribution in [2.24, 2.45) is 5.92 Å². The lowest BCUT2D eigenvalue weighted by Crippen LogP contribution is -2.14. The molecule has 0 bridgehead atoms. The van der Waals surface area contributed by atoms with Gasteiger partial charge in [-0.05, 0) is 12.3 Å². The fourth-order valence-corrected chi connectivity index (χ4v) is 2.17. The zero-order valence-corrected chi connectivity index (χ0v) is 7.76. The quantitative estimate of drug-likeness (QED) is 0.780. The highest BCUT2D eigenvalue weighted by atomic mass is 32.1. The van der Waals surface area contributed by atoms with Gasteiger partial charge in [0.15, 0.2) is 0 Å². The van der Waals surface area contributed by atoms with E-state index >= 15 is 0 Å². The molecule has 1 saturated carbocycles. The summed E-state index contributed by atoms with van der Waals surface area (Å²) in [5.41, 5.74) is 1.78. The first-order chi connectivity index (χ1) is 5.86. The van der Waals surface area contributed by atoms with Crippen LogP contribution in [0.4, 0.5) is 0 Å². The van der Waals surface area contributed by atoms with E-state index in [0.717, 1.165) is 17.2 Å². The molecule has 1 N–H and O–H groups in total. The number of hydrogen-bond acceptors (Lipinski definition) is 3. The molecule has 2 nitrogen and oxygen atoms in total. The van der Waals surface area contributed by atoms with Gasteiger partial charge in [-0.1, -0.05) is 19.3 Å².